The molecule has 0 fully saturated rings. The van der Waals surface area contributed by atoms with Gasteiger partial charge < -0.3 is 16.2 Å². The van der Waals surface area contributed by atoms with Crippen LogP contribution < -0.4 is 11.1 Å². The number of carboxylic acids is 1. The Labute approximate surface area is 119 Å². The fraction of sp³-hybridized carbons (Fsp3) is 0.167. The average molecular weight is 298 g/mol. The lowest BCUT2D eigenvalue weighted by atomic mass is 10.2. The molecule has 2 heterocycles. The number of aromatic carboxylic acids is 1. The number of nitrogens with zero attached hydrogens (tertiary/aromatic N) is 1. The quantitative estimate of drug-likeness (QED) is 0.790. The highest BCUT2D eigenvalue weighted by molar-refractivity contribution is 7.16. The smallest absolute Gasteiger partial charge is 0.339 e. The average Bonchev–Trinajstić information content (AvgIpc) is 2.77. The van der Waals surface area contributed by atoms with Crippen molar-refractivity contribution in [2.24, 2.45) is 0 Å². The van der Waals surface area contributed by atoms with Gasteiger partial charge in [0.15, 0.2) is 0 Å². The highest BCUT2D eigenvalue weighted by atomic mass is 35.5. The molecule has 0 radical (unpaired) electrons. The summed E-state index contributed by atoms with van der Waals surface area (Å²) in [4.78, 5) is 16.2. The van der Waals surface area contributed by atoms with E-state index in [0.717, 1.165) is 15.6 Å². The van der Waals surface area contributed by atoms with Crippen molar-refractivity contribution in [1.29, 1.82) is 0 Å². The number of hydrogen-bond donors (Lipinski definition) is 3. The highest BCUT2D eigenvalue weighted by Gasteiger charge is 2.11. The molecule has 0 atom stereocenters. The summed E-state index contributed by atoms with van der Waals surface area (Å²) in [5.41, 5.74) is 5.92. The Kier molecular flexibility index (Phi) is 4.24. The zero-order chi connectivity index (χ0) is 13.8. The largest absolute Gasteiger partial charge is 0.478 e. The van der Waals surface area contributed by atoms with Crippen molar-refractivity contribution < 1.29 is 9.90 Å². The second kappa shape index (κ2) is 5.90. The normalized spacial score (nSPS) is 10.4. The minimum Gasteiger partial charge on any atom is -0.478 e. The molecule has 0 aliphatic heterocycles. The monoisotopic (exact) mass is 297 g/mol. The zero-order valence-corrected chi connectivity index (χ0v) is 11.5. The molecule has 19 heavy (non-hydrogen) atoms. The summed E-state index contributed by atoms with van der Waals surface area (Å²) in [6.07, 6.45) is 2.18. The Morgan fingerprint density at radius 2 is 2.32 bits per heavy atom. The molecule has 2 aromatic heterocycles. The van der Waals surface area contributed by atoms with E-state index in [1.54, 1.807) is 0 Å². The fourth-order valence-corrected chi connectivity index (χ4v) is 2.66. The van der Waals surface area contributed by atoms with Crippen LogP contribution in [-0.2, 0) is 6.42 Å². The van der Waals surface area contributed by atoms with Gasteiger partial charge in [-0.1, -0.05) is 11.6 Å². The van der Waals surface area contributed by atoms with Gasteiger partial charge in [0, 0.05) is 11.4 Å². The number of hydrogen-bond acceptors (Lipinski definition) is 5. The summed E-state index contributed by atoms with van der Waals surface area (Å²) in [5.74, 6) is -0.731. The van der Waals surface area contributed by atoms with Gasteiger partial charge in [-0.25, -0.2) is 9.78 Å². The number of nitrogen functional groups attached to an aromatic ring is 1. The van der Waals surface area contributed by atoms with Gasteiger partial charge in [-0.15, -0.1) is 11.3 Å². The van der Waals surface area contributed by atoms with E-state index in [1.807, 2.05) is 12.1 Å². The van der Waals surface area contributed by atoms with E-state index in [4.69, 9.17) is 22.4 Å². The standard InChI is InChI=1S/C12H12ClN3O2S/c13-10-2-1-8(19-10)3-4-15-11-9(12(17)18)5-7(14)6-16-11/h1-2,5-6H,3-4,14H2,(H,15,16)(H,17,18). The summed E-state index contributed by atoms with van der Waals surface area (Å²) in [6, 6.07) is 5.18. The van der Waals surface area contributed by atoms with Gasteiger partial charge in [0.1, 0.15) is 11.4 Å². The van der Waals surface area contributed by atoms with Crippen molar-refractivity contribution in [1.82, 2.24) is 4.98 Å². The lowest BCUT2D eigenvalue weighted by molar-refractivity contribution is 0.0697. The molecular formula is C12H12ClN3O2S. The van der Waals surface area contributed by atoms with Crippen LogP contribution in [0.5, 0.6) is 0 Å². The molecule has 100 valence electrons. The van der Waals surface area contributed by atoms with E-state index in [1.165, 1.54) is 23.6 Å². The lowest BCUT2D eigenvalue weighted by Crippen LogP contribution is -2.11. The minimum atomic E-state index is -1.05. The molecule has 0 aliphatic rings. The number of halogens is 1. The van der Waals surface area contributed by atoms with Crippen molar-refractivity contribution in [2.45, 2.75) is 6.42 Å². The van der Waals surface area contributed by atoms with Crippen LogP contribution in [0.1, 0.15) is 15.2 Å². The predicted molar refractivity (Wildman–Crippen MR) is 77.1 cm³/mol. The SMILES string of the molecule is Nc1cnc(NCCc2ccc(Cl)s2)c(C(=O)O)c1. The highest BCUT2D eigenvalue weighted by Crippen LogP contribution is 2.22. The molecule has 0 aliphatic carbocycles. The zero-order valence-electron chi connectivity index (χ0n) is 9.89. The third-order valence-corrected chi connectivity index (χ3v) is 3.72. The third-order valence-electron chi connectivity index (χ3n) is 2.43. The van der Waals surface area contributed by atoms with Gasteiger partial charge in [0.2, 0.25) is 0 Å². The van der Waals surface area contributed by atoms with E-state index in [9.17, 15) is 4.79 Å². The third kappa shape index (κ3) is 3.59. The maximum Gasteiger partial charge on any atom is 0.339 e. The van der Waals surface area contributed by atoms with E-state index in [2.05, 4.69) is 10.3 Å². The van der Waals surface area contributed by atoms with Gasteiger partial charge in [-0.3, -0.25) is 0 Å². The van der Waals surface area contributed by atoms with Crippen molar-refractivity contribution in [3.05, 3.63) is 39.2 Å². The number of pyridine rings is 1. The molecule has 0 saturated carbocycles. The number of anilines is 2. The molecule has 0 spiro atoms. The van der Waals surface area contributed by atoms with Crippen LogP contribution in [0.2, 0.25) is 4.34 Å². The van der Waals surface area contributed by atoms with Crippen LogP contribution >= 0.6 is 22.9 Å². The van der Waals surface area contributed by atoms with Crippen LogP contribution in [-0.4, -0.2) is 22.6 Å². The summed E-state index contributed by atoms with van der Waals surface area (Å²) in [5, 5.41) is 12.1. The van der Waals surface area contributed by atoms with Crippen molar-refractivity contribution in [3.63, 3.8) is 0 Å². The summed E-state index contributed by atoms with van der Waals surface area (Å²) < 4.78 is 0.742. The molecule has 0 amide bonds. The summed E-state index contributed by atoms with van der Waals surface area (Å²) in [7, 11) is 0. The number of carbonyl (C=O) groups is 1. The van der Waals surface area contributed by atoms with Gasteiger partial charge in [-0.2, -0.15) is 0 Å². The minimum absolute atomic E-state index is 0.0733. The van der Waals surface area contributed by atoms with E-state index < -0.39 is 5.97 Å². The molecule has 0 saturated heterocycles. The van der Waals surface area contributed by atoms with E-state index >= 15 is 0 Å². The van der Waals surface area contributed by atoms with Gasteiger partial charge in [0.05, 0.1) is 16.2 Å². The molecular weight excluding hydrogens is 286 g/mol. The van der Waals surface area contributed by atoms with Crippen LogP contribution in [0.25, 0.3) is 0 Å². The Morgan fingerprint density at radius 3 is 2.95 bits per heavy atom. The Morgan fingerprint density at radius 1 is 1.53 bits per heavy atom. The number of thiophene rings is 1. The van der Waals surface area contributed by atoms with Crippen molar-refractivity contribution in [2.75, 3.05) is 17.6 Å². The Hall–Kier alpha value is -1.79. The summed E-state index contributed by atoms with van der Waals surface area (Å²) in [6.45, 7) is 0.577. The van der Waals surface area contributed by atoms with Gasteiger partial charge in [0.25, 0.3) is 0 Å². The first-order chi connectivity index (χ1) is 9.06. The van der Waals surface area contributed by atoms with Crippen molar-refractivity contribution in [3.8, 4) is 0 Å². The molecule has 2 rings (SSSR count). The molecule has 2 aromatic rings. The number of rotatable bonds is 5. The second-order valence-corrected chi connectivity index (χ2v) is 5.65. The molecule has 0 aromatic carbocycles. The maximum absolute atomic E-state index is 11.1. The lowest BCUT2D eigenvalue weighted by Gasteiger charge is -2.08. The van der Waals surface area contributed by atoms with Crippen LogP contribution in [0.4, 0.5) is 11.5 Å². The van der Waals surface area contributed by atoms with Crippen LogP contribution in [0.3, 0.4) is 0 Å². The van der Waals surface area contributed by atoms with Crippen LogP contribution in [0, 0.1) is 0 Å². The molecule has 4 N–H and O–H groups in total. The maximum atomic E-state index is 11.1. The van der Waals surface area contributed by atoms with E-state index in [0.29, 0.717) is 18.1 Å². The summed E-state index contributed by atoms with van der Waals surface area (Å²) >= 11 is 7.34. The molecule has 0 unspecified atom stereocenters. The number of aromatic nitrogens is 1. The predicted octanol–water partition coefficient (Wildman–Crippen LogP) is 2.73. The van der Waals surface area contributed by atoms with Crippen molar-refractivity contribution >= 4 is 40.4 Å². The Bertz CT molecular complexity index is 600. The van der Waals surface area contributed by atoms with E-state index in [-0.39, 0.29) is 5.56 Å². The number of nitrogens with one attached hydrogen (secondary N) is 1. The number of nitrogens with two attached hydrogens (primary N) is 1. The first-order valence-electron chi connectivity index (χ1n) is 5.53. The molecule has 5 nitrogen and oxygen atoms in total. The fourth-order valence-electron chi connectivity index (χ4n) is 1.58. The van der Waals surface area contributed by atoms with Crippen LogP contribution in [0.15, 0.2) is 24.4 Å². The Balaban J connectivity index is 2.01. The molecule has 7 heteroatoms. The first-order valence-corrected chi connectivity index (χ1v) is 6.72. The second-order valence-electron chi connectivity index (χ2n) is 3.85. The number of carboxylic acid groups (broad SMARTS) is 1. The first kappa shape index (κ1) is 13.6. The topological polar surface area (TPSA) is 88.2 Å². The van der Waals surface area contributed by atoms with Gasteiger partial charge >= 0.3 is 5.97 Å². The molecule has 0 bridgehead atoms. The van der Waals surface area contributed by atoms with Gasteiger partial charge in [-0.05, 0) is 24.6 Å².